The van der Waals surface area contributed by atoms with E-state index in [2.05, 4.69) is 15.9 Å². The average molecular weight is 341 g/mol. The number of nitrogens with two attached hydrogens (primary N) is 1. The molecule has 0 saturated heterocycles. The van der Waals surface area contributed by atoms with Gasteiger partial charge in [0.15, 0.2) is 0 Å². The molecule has 2 N–H and O–H groups in total. The summed E-state index contributed by atoms with van der Waals surface area (Å²) in [5, 5.41) is 0.734. The van der Waals surface area contributed by atoms with E-state index in [1.165, 1.54) is 0 Å². The van der Waals surface area contributed by atoms with Crippen LogP contribution in [0.5, 0.6) is 5.75 Å². The quantitative estimate of drug-likeness (QED) is 0.886. The molecule has 2 nitrogen and oxygen atoms in total. The molecule has 0 aliphatic carbocycles. The van der Waals surface area contributed by atoms with Crippen molar-refractivity contribution in [1.82, 2.24) is 0 Å². The standard InChI is InChI=1S/C15H15BrClNO/c16-15-6-5-14(9-12(15)7-8-18)19-10-11-1-3-13(17)4-2-11/h1-6,9H,7-8,10,18H2. The number of ether oxygens (including phenoxy) is 1. The number of hydrogen-bond donors (Lipinski definition) is 1. The Morgan fingerprint density at radius 1 is 1.11 bits per heavy atom. The largest absolute Gasteiger partial charge is 0.489 e. The van der Waals surface area contributed by atoms with Gasteiger partial charge in [0, 0.05) is 9.50 Å². The third kappa shape index (κ3) is 4.23. The van der Waals surface area contributed by atoms with Gasteiger partial charge in [0.05, 0.1) is 0 Å². The number of hydrogen-bond acceptors (Lipinski definition) is 2. The van der Waals surface area contributed by atoms with Gasteiger partial charge >= 0.3 is 0 Å². The maximum Gasteiger partial charge on any atom is 0.120 e. The topological polar surface area (TPSA) is 35.2 Å². The van der Waals surface area contributed by atoms with Gasteiger partial charge in [-0.1, -0.05) is 39.7 Å². The normalized spacial score (nSPS) is 10.5. The van der Waals surface area contributed by atoms with Crippen LogP contribution in [0.3, 0.4) is 0 Å². The molecule has 4 heteroatoms. The smallest absolute Gasteiger partial charge is 0.120 e. The van der Waals surface area contributed by atoms with Crippen LogP contribution in [0.15, 0.2) is 46.9 Å². The molecule has 0 aromatic heterocycles. The molecule has 2 aromatic rings. The van der Waals surface area contributed by atoms with Gasteiger partial charge in [-0.2, -0.15) is 0 Å². The van der Waals surface area contributed by atoms with Crippen LogP contribution < -0.4 is 10.5 Å². The minimum atomic E-state index is 0.529. The zero-order chi connectivity index (χ0) is 13.7. The molecule has 0 unspecified atom stereocenters. The molecule has 0 amide bonds. The molecule has 2 aromatic carbocycles. The van der Waals surface area contributed by atoms with E-state index in [1.807, 2.05) is 42.5 Å². The molecule has 0 saturated carbocycles. The Balaban J connectivity index is 2.03. The molecule has 19 heavy (non-hydrogen) atoms. The molecule has 0 fully saturated rings. The van der Waals surface area contributed by atoms with Crippen molar-refractivity contribution in [3.8, 4) is 5.75 Å². The highest BCUT2D eigenvalue weighted by Gasteiger charge is 2.02. The fourth-order valence-corrected chi connectivity index (χ4v) is 2.31. The van der Waals surface area contributed by atoms with Crippen LogP contribution in [-0.2, 0) is 13.0 Å². The summed E-state index contributed by atoms with van der Waals surface area (Å²) < 4.78 is 6.84. The first-order valence-electron chi connectivity index (χ1n) is 6.05. The molecular weight excluding hydrogens is 326 g/mol. The first kappa shape index (κ1) is 14.4. The number of rotatable bonds is 5. The van der Waals surface area contributed by atoms with Gasteiger partial charge in [-0.25, -0.2) is 0 Å². The Hall–Kier alpha value is -1.03. The summed E-state index contributed by atoms with van der Waals surface area (Å²) in [7, 11) is 0. The summed E-state index contributed by atoms with van der Waals surface area (Å²) in [5.74, 6) is 0.849. The van der Waals surface area contributed by atoms with Crippen molar-refractivity contribution in [2.45, 2.75) is 13.0 Å². The summed E-state index contributed by atoms with van der Waals surface area (Å²) in [6.45, 7) is 1.15. The fraction of sp³-hybridized carbons (Fsp3) is 0.200. The first-order chi connectivity index (χ1) is 9.19. The van der Waals surface area contributed by atoms with Crippen molar-refractivity contribution in [3.63, 3.8) is 0 Å². The summed E-state index contributed by atoms with van der Waals surface area (Å²) >= 11 is 9.35. The van der Waals surface area contributed by atoms with Gasteiger partial charge in [0.2, 0.25) is 0 Å². The number of halogens is 2. The minimum Gasteiger partial charge on any atom is -0.489 e. The summed E-state index contributed by atoms with van der Waals surface area (Å²) in [4.78, 5) is 0. The van der Waals surface area contributed by atoms with Crippen molar-refractivity contribution >= 4 is 27.5 Å². The highest BCUT2D eigenvalue weighted by atomic mass is 79.9. The lowest BCUT2D eigenvalue weighted by atomic mass is 10.1. The SMILES string of the molecule is NCCc1cc(OCc2ccc(Cl)cc2)ccc1Br. The van der Waals surface area contributed by atoms with Crippen LogP contribution >= 0.6 is 27.5 Å². The molecule has 0 atom stereocenters. The van der Waals surface area contributed by atoms with Crippen LogP contribution in [0.1, 0.15) is 11.1 Å². The Labute approximate surface area is 126 Å². The molecule has 0 aliphatic rings. The van der Waals surface area contributed by atoms with Gasteiger partial charge in [-0.05, 0) is 54.4 Å². The molecular formula is C15H15BrClNO. The molecule has 0 bridgehead atoms. The average Bonchev–Trinajstić information content (AvgIpc) is 2.42. The Morgan fingerprint density at radius 2 is 1.84 bits per heavy atom. The molecule has 0 heterocycles. The van der Waals surface area contributed by atoms with E-state index in [1.54, 1.807) is 0 Å². The molecule has 100 valence electrons. The van der Waals surface area contributed by atoms with Crippen molar-refractivity contribution in [2.24, 2.45) is 5.73 Å². The predicted octanol–water partition coefficient (Wildman–Crippen LogP) is 4.18. The first-order valence-corrected chi connectivity index (χ1v) is 7.22. The van der Waals surface area contributed by atoms with Gasteiger partial charge in [0.1, 0.15) is 12.4 Å². The predicted molar refractivity (Wildman–Crippen MR) is 82.7 cm³/mol. The van der Waals surface area contributed by atoms with Crippen LogP contribution in [0.2, 0.25) is 5.02 Å². The highest BCUT2D eigenvalue weighted by molar-refractivity contribution is 9.10. The Kier molecular flexibility index (Phi) is 5.25. The van der Waals surface area contributed by atoms with Crippen LogP contribution in [0.4, 0.5) is 0 Å². The second-order valence-corrected chi connectivity index (χ2v) is 5.50. The second-order valence-electron chi connectivity index (χ2n) is 4.21. The summed E-state index contributed by atoms with van der Waals surface area (Å²) in [5.41, 5.74) is 7.84. The molecule has 0 spiro atoms. The van der Waals surface area contributed by atoms with Crippen LogP contribution in [0.25, 0.3) is 0 Å². The Morgan fingerprint density at radius 3 is 2.53 bits per heavy atom. The van der Waals surface area contributed by atoms with E-state index >= 15 is 0 Å². The maximum absolute atomic E-state index is 5.84. The fourth-order valence-electron chi connectivity index (χ4n) is 1.74. The van der Waals surface area contributed by atoms with Crippen LogP contribution in [-0.4, -0.2) is 6.54 Å². The Bertz CT molecular complexity index is 542. The zero-order valence-electron chi connectivity index (χ0n) is 10.4. The van der Waals surface area contributed by atoms with Crippen molar-refractivity contribution in [1.29, 1.82) is 0 Å². The number of benzene rings is 2. The van der Waals surface area contributed by atoms with Crippen molar-refractivity contribution in [3.05, 3.63) is 63.1 Å². The van der Waals surface area contributed by atoms with E-state index in [4.69, 9.17) is 22.1 Å². The minimum absolute atomic E-state index is 0.529. The maximum atomic E-state index is 5.84. The van der Waals surface area contributed by atoms with E-state index in [9.17, 15) is 0 Å². The van der Waals surface area contributed by atoms with Gasteiger partial charge in [0.25, 0.3) is 0 Å². The van der Waals surface area contributed by atoms with E-state index < -0.39 is 0 Å². The zero-order valence-corrected chi connectivity index (χ0v) is 12.7. The molecule has 2 rings (SSSR count). The highest BCUT2D eigenvalue weighted by Crippen LogP contribution is 2.23. The van der Waals surface area contributed by atoms with E-state index in [0.29, 0.717) is 13.2 Å². The third-order valence-corrected chi connectivity index (χ3v) is 3.78. The monoisotopic (exact) mass is 339 g/mol. The molecule has 0 aliphatic heterocycles. The lowest BCUT2D eigenvalue weighted by Gasteiger charge is -2.09. The summed E-state index contributed by atoms with van der Waals surface area (Å²) in [6, 6.07) is 13.6. The third-order valence-electron chi connectivity index (χ3n) is 2.75. The lowest BCUT2D eigenvalue weighted by molar-refractivity contribution is 0.306. The second kappa shape index (κ2) is 6.94. The van der Waals surface area contributed by atoms with Gasteiger partial charge in [-0.3, -0.25) is 0 Å². The molecule has 0 radical (unpaired) electrons. The van der Waals surface area contributed by atoms with Crippen LogP contribution in [0, 0.1) is 0 Å². The van der Waals surface area contributed by atoms with Crippen molar-refractivity contribution in [2.75, 3.05) is 6.54 Å². The van der Waals surface area contributed by atoms with E-state index in [-0.39, 0.29) is 0 Å². The van der Waals surface area contributed by atoms with Gasteiger partial charge in [-0.15, -0.1) is 0 Å². The summed E-state index contributed by atoms with van der Waals surface area (Å²) in [6.07, 6.45) is 0.832. The van der Waals surface area contributed by atoms with Crippen molar-refractivity contribution < 1.29 is 4.74 Å². The lowest BCUT2D eigenvalue weighted by Crippen LogP contribution is -2.04. The van der Waals surface area contributed by atoms with Gasteiger partial charge < -0.3 is 10.5 Å². The van der Waals surface area contributed by atoms with E-state index in [0.717, 1.165) is 32.8 Å².